The van der Waals surface area contributed by atoms with Gasteiger partial charge in [-0.15, -0.1) is 13.2 Å². The molecule has 0 aromatic carbocycles. The number of carbonyl (C=O) groups is 2. The molecule has 0 aromatic rings. The largest absolute Gasteiger partial charge is 0.462 e. The first kappa shape index (κ1) is 14.2. The summed E-state index contributed by atoms with van der Waals surface area (Å²) in [6.45, 7) is 10.4. The van der Waals surface area contributed by atoms with E-state index < -0.39 is 0 Å². The molecule has 4 heteroatoms. The third-order valence-corrected chi connectivity index (χ3v) is 0.888. The topological polar surface area (TPSA) is 52.6 Å². The summed E-state index contributed by atoms with van der Waals surface area (Å²) < 4.78 is 9.27. The van der Waals surface area contributed by atoms with Crippen LogP contribution >= 0.6 is 0 Å². The first-order valence-electron chi connectivity index (χ1n) is 3.83. The summed E-state index contributed by atoms with van der Waals surface area (Å²) in [6.07, 6.45) is -0.364. The minimum absolute atomic E-state index is 0.120. The molecule has 0 bridgehead atoms. The molecule has 0 heterocycles. The average molecular weight is 188 g/mol. The predicted molar refractivity (Wildman–Crippen MR) is 49.1 cm³/mol. The Kier molecular flexibility index (Phi) is 9.60. The standard InChI is InChI=1S/C7H12O4.C2H4/c1-5(11-7(3)9)4-10-6(2)8;1-2/h5H,4H2,1-3H3;1-2H2. The zero-order chi connectivity index (χ0) is 10.9. The Morgan fingerprint density at radius 2 is 1.69 bits per heavy atom. The first-order valence-corrected chi connectivity index (χ1v) is 3.83. The highest BCUT2D eigenvalue weighted by atomic mass is 16.6. The molecule has 1 atom stereocenters. The van der Waals surface area contributed by atoms with Crippen LogP contribution < -0.4 is 0 Å². The van der Waals surface area contributed by atoms with E-state index >= 15 is 0 Å². The van der Waals surface area contributed by atoms with Crippen LogP contribution in [-0.4, -0.2) is 24.6 Å². The lowest BCUT2D eigenvalue weighted by atomic mass is 10.4. The monoisotopic (exact) mass is 188 g/mol. The Labute approximate surface area is 78.5 Å². The van der Waals surface area contributed by atoms with Crippen molar-refractivity contribution in [3.8, 4) is 0 Å². The average Bonchev–Trinajstić information content (AvgIpc) is 2.03. The third kappa shape index (κ3) is 13.6. The summed E-state index contributed by atoms with van der Waals surface area (Å²) >= 11 is 0. The van der Waals surface area contributed by atoms with Gasteiger partial charge >= 0.3 is 11.9 Å². The molecule has 1 unspecified atom stereocenters. The van der Waals surface area contributed by atoms with Crippen molar-refractivity contribution in [3.05, 3.63) is 13.2 Å². The Morgan fingerprint density at radius 1 is 1.23 bits per heavy atom. The second-order valence-electron chi connectivity index (χ2n) is 2.22. The minimum Gasteiger partial charge on any atom is -0.462 e. The van der Waals surface area contributed by atoms with Gasteiger partial charge in [0.15, 0.2) is 0 Å². The van der Waals surface area contributed by atoms with E-state index in [0.29, 0.717) is 0 Å². The molecule has 0 saturated heterocycles. The van der Waals surface area contributed by atoms with Crippen LogP contribution in [0, 0.1) is 0 Å². The van der Waals surface area contributed by atoms with E-state index in [4.69, 9.17) is 0 Å². The van der Waals surface area contributed by atoms with E-state index in [1.54, 1.807) is 6.92 Å². The van der Waals surface area contributed by atoms with E-state index in [1.807, 2.05) is 0 Å². The lowest BCUT2D eigenvalue weighted by Crippen LogP contribution is -2.19. The first-order chi connectivity index (χ1) is 6.02. The highest BCUT2D eigenvalue weighted by Crippen LogP contribution is 1.92. The van der Waals surface area contributed by atoms with Crippen molar-refractivity contribution in [3.63, 3.8) is 0 Å². The van der Waals surface area contributed by atoms with Gasteiger partial charge in [-0.2, -0.15) is 0 Å². The maximum absolute atomic E-state index is 10.3. The van der Waals surface area contributed by atoms with Crippen LogP contribution in [0.5, 0.6) is 0 Å². The molecule has 4 nitrogen and oxygen atoms in total. The summed E-state index contributed by atoms with van der Waals surface area (Å²) in [7, 11) is 0. The van der Waals surface area contributed by atoms with Gasteiger partial charge in [0.2, 0.25) is 0 Å². The third-order valence-electron chi connectivity index (χ3n) is 0.888. The zero-order valence-corrected chi connectivity index (χ0v) is 8.33. The second kappa shape index (κ2) is 8.77. The fraction of sp³-hybridized carbons (Fsp3) is 0.556. The van der Waals surface area contributed by atoms with Gasteiger partial charge in [0.05, 0.1) is 0 Å². The minimum atomic E-state index is -0.371. The molecule has 0 N–H and O–H groups in total. The van der Waals surface area contributed by atoms with E-state index in [9.17, 15) is 9.59 Å². The van der Waals surface area contributed by atoms with Crippen molar-refractivity contribution in [2.24, 2.45) is 0 Å². The summed E-state index contributed by atoms with van der Waals surface area (Å²) in [6, 6.07) is 0. The molecule has 0 fully saturated rings. The van der Waals surface area contributed by atoms with Gasteiger partial charge in [-0.3, -0.25) is 9.59 Å². The van der Waals surface area contributed by atoms with Crippen LogP contribution in [-0.2, 0) is 19.1 Å². The molecule has 0 amide bonds. The zero-order valence-electron chi connectivity index (χ0n) is 8.33. The predicted octanol–water partition coefficient (Wildman–Crippen LogP) is 1.30. The van der Waals surface area contributed by atoms with Gasteiger partial charge in [-0.05, 0) is 6.92 Å². The highest BCUT2D eigenvalue weighted by Gasteiger charge is 2.06. The van der Waals surface area contributed by atoms with Crippen molar-refractivity contribution in [1.29, 1.82) is 0 Å². The Morgan fingerprint density at radius 3 is 2.00 bits per heavy atom. The Bertz CT molecular complexity index is 165. The number of carbonyl (C=O) groups excluding carboxylic acids is 2. The maximum atomic E-state index is 10.3. The molecule has 0 aromatic heterocycles. The number of rotatable bonds is 3. The molecule has 0 aliphatic rings. The Balaban J connectivity index is 0. The number of hydrogen-bond acceptors (Lipinski definition) is 4. The molecule has 0 saturated carbocycles. The van der Waals surface area contributed by atoms with Gasteiger partial charge in [-0.25, -0.2) is 0 Å². The molecule has 0 spiro atoms. The lowest BCUT2D eigenvalue weighted by Gasteiger charge is -2.10. The highest BCUT2D eigenvalue weighted by molar-refractivity contribution is 5.67. The molecule has 76 valence electrons. The summed E-state index contributed by atoms with van der Waals surface area (Å²) in [5, 5.41) is 0. The molecular weight excluding hydrogens is 172 g/mol. The number of ether oxygens (including phenoxy) is 2. The molecule has 13 heavy (non-hydrogen) atoms. The normalized spacial score (nSPS) is 10.4. The number of hydrogen-bond donors (Lipinski definition) is 0. The second-order valence-corrected chi connectivity index (χ2v) is 2.22. The van der Waals surface area contributed by atoms with Crippen LogP contribution in [0.4, 0.5) is 0 Å². The summed E-state index contributed by atoms with van der Waals surface area (Å²) in [5.74, 6) is -0.742. The van der Waals surface area contributed by atoms with Crippen molar-refractivity contribution in [2.75, 3.05) is 6.61 Å². The lowest BCUT2D eigenvalue weighted by molar-refractivity contribution is -0.155. The van der Waals surface area contributed by atoms with E-state index in [-0.39, 0.29) is 24.6 Å². The van der Waals surface area contributed by atoms with Gasteiger partial charge in [0.1, 0.15) is 12.7 Å². The molecule has 0 radical (unpaired) electrons. The van der Waals surface area contributed by atoms with Crippen LogP contribution in [0.15, 0.2) is 13.2 Å². The molecular formula is C9H16O4. The molecule has 0 aliphatic heterocycles. The summed E-state index contributed by atoms with van der Waals surface area (Å²) in [4.78, 5) is 20.6. The van der Waals surface area contributed by atoms with Crippen LogP contribution in [0.2, 0.25) is 0 Å². The summed E-state index contributed by atoms with van der Waals surface area (Å²) in [5.41, 5.74) is 0. The maximum Gasteiger partial charge on any atom is 0.303 e. The van der Waals surface area contributed by atoms with Gasteiger partial charge in [-0.1, -0.05) is 0 Å². The van der Waals surface area contributed by atoms with Gasteiger partial charge in [0, 0.05) is 13.8 Å². The smallest absolute Gasteiger partial charge is 0.303 e. The van der Waals surface area contributed by atoms with Crippen molar-refractivity contribution < 1.29 is 19.1 Å². The van der Waals surface area contributed by atoms with E-state index in [1.165, 1.54) is 13.8 Å². The fourth-order valence-corrected chi connectivity index (χ4v) is 0.552. The number of esters is 2. The van der Waals surface area contributed by atoms with Crippen LogP contribution in [0.25, 0.3) is 0 Å². The molecule has 0 aliphatic carbocycles. The Hall–Kier alpha value is -1.32. The van der Waals surface area contributed by atoms with E-state index in [2.05, 4.69) is 22.6 Å². The molecule has 0 rings (SSSR count). The quantitative estimate of drug-likeness (QED) is 0.495. The van der Waals surface area contributed by atoms with Crippen molar-refractivity contribution in [1.82, 2.24) is 0 Å². The fourth-order valence-electron chi connectivity index (χ4n) is 0.552. The van der Waals surface area contributed by atoms with Gasteiger partial charge < -0.3 is 9.47 Å². The van der Waals surface area contributed by atoms with Crippen LogP contribution in [0.1, 0.15) is 20.8 Å². The SMILES string of the molecule is C=C.CC(=O)OCC(C)OC(C)=O. The van der Waals surface area contributed by atoms with Crippen molar-refractivity contribution in [2.45, 2.75) is 26.9 Å². The van der Waals surface area contributed by atoms with Crippen molar-refractivity contribution >= 4 is 11.9 Å². The van der Waals surface area contributed by atoms with E-state index in [0.717, 1.165) is 0 Å². The van der Waals surface area contributed by atoms with Crippen LogP contribution in [0.3, 0.4) is 0 Å². The van der Waals surface area contributed by atoms with Gasteiger partial charge in [0.25, 0.3) is 0 Å².